The highest BCUT2D eigenvalue weighted by Gasteiger charge is 2.38. The number of nitrogens with one attached hydrogen (secondary N) is 1. The van der Waals surface area contributed by atoms with Crippen LogP contribution in [-0.4, -0.2) is 11.3 Å². The molecule has 0 fully saturated rings. The lowest BCUT2D eigenvalue weighted by molar-refractivity contribution is 0.590. The Morgan fingerprint density at radius 1 is 0.554 bits per heavy atom. The lowest BCUT2D eigenvalue weighted by Crippen LogP contribution is -2.46. The average molecular weight is 859 g/mol. The molecule has 1 aliphatic carbocycles. The summed E-state index contributed by atoms with van der Waals surface area (Å²) >= 11 is 1.91. The first kappa shape index (κ1) is 38.9. The molecule has 0 radical (unpaired) electrons. The third-order valence-electron chi connectivity index (χ3n) is 15.1. The van der Waals surface area contributed by atoms with Crippen molar-refractivity contribution in [2.24, 2.45) is 0 Å². The Hall–Kier alpha value is -6.56. The van der Waals surface area contributed by atoms with E-state index >= 15 is 0 Å². The van der Waals surface area contributed by atoms with E-state index in [2.05, 4.69) is 212 Å². The van der Waals surface area contributed by atoms with E-state index in [1.54, 1.807) is 0 Å². The second-order valence-corrected chi connectivity index (χ2v) is 22.6. The summed E-state index contributed by atoms with van der Waals surface area (Å²) in [5.41, 5.74) is 20.9. The predicted octanol–water partition coefficient (Wildman–Crippen LogP) is 15.9. The minimum absolute atomic E-state index is 0.00407. The zero-order valence-electron chi connectivity index (χ0n) is 38.6. The van der Waals surface area contributed by atoms with Gasteiger partial charge in [-0.1, -0.05) is 135 Å². The number of hydrogen-bond donors (Lipinski definition) is 1. The Labute approximate surface area is 384 Å². The highest BCUT2D eigenvalue weighted by molar-refractivity contribution is 7.26. The molecule has 4 heterocycles. The van der Waals surface area contributed by atoms with Gasteiger partial charge in [0.1, 0.15) is 11.2 Å². The molecule has 11 aromatic rings. The highest BCUT2D eigenvalue weighted by Crippen LogP contribution is 2.52. The van der Waals surface area contributed by atoms with Gasteiger partial charge in [0.2, 0.25) is 6.71 Å². The third kappa shape index (κ3) is 5.48. The lowest BCUT2D eigenvalue weighted by atomic mass is 9.40. The summed E-state index contributed by atoms with van der Waals surface area (Å²) in [6, 6.07) is 53.2. The van der Waals surface area contributed by atoms with Gasteiger partial charge in [0, 0.05) is 75.7 Å². The average Bonchev–Trinajstić information content (AvgIpc) is 3.99. The summed E-state index contributed by atoms with van der Waals surface area (Å²) < 4.78 is 12.0. The van der Waals surface area contributed by atoms with E-state index in [0.717, 1.165) is 33.3 Å². The molecule has 8 aromatic carbocycles. The van der Waals surface area contributed by atoms with Crippen LogP contribution in [0.25, 0.3) is 91.9 Å². The summed E-state index contributed by atoms with van der Waals surface area (Å²) in [7, 11) is 0. The van der Waals surface area contributed by atoms with Crippen LogP contribution in [0.1, 0.15) is 77.6 Å². The molecular formula is C60H51BN2OS. The first-order chi connectivity index (χ1) is 31.1. The van der Waals surface area contributed by atoms with E-state index in [1.807, 2.05) is 11.3 Å². The van der Waals surface area contributed by atoms with Gasteiger partial charge < -0.3 is 14.3 Å². The van der Waals surface area contributed by atoms with Crippen molar-refractivity contribution in [2.75, 3.05) is 5.32 Å². The summed E-state index contributed by atoms with van der Waals surface area (Å²) in [6.45, 7) is 21.0. The number of nitrogens with zero attached hydrogens (tertiary/aromatic N) is 1. The smallest absolute Gasteiger partial charge is 0.212 e. The SMILES string of the molecule is CB1c2cc3sc4ccccc4c3cc2-n2c3cc4c(cc3c3ccc(-c5cc6c(cc5Nc5ccc(C(C)(C)C)cc5)oc5ccc(C(C)(C)C)cc56)c1c32)C(C)(C)c1ccccc1-4. The van der Waals surface area contributed by atoms with Crippen molar-refractivity contribution in [3.05, 3.63) is 162 Å². The second kappa shape index (κ2) is 13.0. The van der Waals surface area contributed by atoms with Crippen LogP contribution in [0.5, 0.6) is 0 Å². The number of rotatable bonds is 3. The normalized spacial score (nSPS) is 14.3. The van der Waals surface area contributed by atoms with Crippen molar-refractivity contribution >= 4 is 104 Å². The Balaban J connectivity index is 1.13. The van der Waals surface area contributed by atoms with Crippen LogP contribution in [0, 0.1) is 0 Å². The standard InChI is InChI=1S/C60H51BN2OS/c1-58(2,3)33-18-21-35(22-19-33)62-49-32-53-44(43-26-34(59(4,5)6)20-25-52(43)64-53)27-41(49)38-23-24-39-42-28-47-40(36-14-10-12-16-46(36)60(47,7)8)29-50(42)63-51-30-45-37-15-11-13-17-54(37)65-55(45)31-48(51)61(9)56(38)57(39)63/h10-32,62H,1-9H3. The van der Waals surface area contributed by atoms with Gasteiger partial charge in [-0.15, -0.1) is 11.3 Å². The van der Waals surface area contributed by atoms with Crippen LogP contribution in [0.2, 0.25) is 6.82 Å². The zero-order chi connectivity index (χ0) is 44.5. The maximum atomic E-state index is 6.72. The van der Waals surface area contributed by atoms with Crippen LogP contribution in [0.15, 0.2) is 144 Å². The Bertz CT molecular complexity index is 3860. The Morgan fingerprint density at radius 2 is 1.29 bits per heavy atom. The van der Waals surface area contributed by atoms with Crippen molar-refractivity contribution in [3.63, 3.8) is 0 Å². The molecule has 3 nitrogen and oxygen atoms in total. The molecule has 13 rings (SSSR count). The minimum atomic E-state index is -0.105. The first-order valence-corrected chi connectivity index (χ1v) is 24.0. The molecule has 2 aliphatic rings. The molecule has 1 N–H and O–H groups in total. The van der Waals surface area contributed by atoms with E-state index in [9.17, 15) is 0 Å². The number of hydrogen-bond acceptors (Lipinski definition) is 3. The molecule has 0 bridgehead atoms. The third-order valence-corrected chi connectivity index (χ3v) is 16.3. The van der Waals surface area contributed by atoms with Gasteiger partial charge in [-0.05, 0) is 121 Å². The first-order valence-electron chi connectivity index (χ1n) is 23.2. The topological polar surface area (TPSA) is 30.1 Å². The molecule has 0 saturated heterocycles. The van der Waals surface area contributed by atoms with Gasteiger partial charge in [0.05, 0.1) is 11.2 Å². The number of thiophene rings is 1. The van der Waals surface area contributed by atoms with Crippen LogP contribution < -0.4 is 16.2 Å². The molecule has 3 aromatic heterocycles. The quantitative estimate of drug-likeness (QED) is 0.179. The van der Waals surface area contributed by atoms with Gasteiger partial charge in [-0.25, -0.2) is 0 Å². The number of benzene rings is 8. The number of anilines is 2. The minimum Gasteiger partial charge on any atom is -0.456 e. The summed E-state index contributed by atoms with van der Waals surface area (Å²) in [6.07, 6.45) is 0. The predicted molar refractivity (Wildman–Crippen MR) is 282 cm³/mol. The van der Waals surface area contributed by atoms with Crippen molar-refractivity contribution in [1.29, 1.82) is 0 Å². The van der Waals surface area contributed by atoms with Gasteiger partial charge in [-0.3, -0.25) is 0 Å². The molecule has 1 aliphatic heterocycles. The van der Waals surface area contributed by atoms with Crippen molar-refractivity contribution < 1.29 is 4.42 Å². The molecule has 0 spiro atoms. The van der Waals surface area contributed by atoms with Gasteiger partial charge in [0.25, 0.3) is 0 Å². The largest absolute Gasteiger partial charge is 0.456 e. The van der Waals surface area contributed by atoms with E-state index in [-0.39, 0.29) is 23.0 Å². The van der Waals surface area contributed by atoms with Crippen LogP contribution in [-0.2, 0) is 16.2 Å². The zero-order valence-corrected chi connectivity index (χ0v) is 39.4. The van der Waals surface area contributed by atoms with Crippen molar-refractivity contribution in [2.45, 2.75) is 78.5 Å². The molecule has 0 unspecified atom stereocenters. The summed E-state index contributed by atoms with van der Waals surface area (Å²) in [5.74, 6) is 0. The van der Waals surface area contributed by atoms with E-state index in [0.29, 0.717) is 0 Å². The van der Waals surface area contributed by atoms with Crippen LogP contribution in [0.3, 0.4) is 0 Å². The molecule has 0 saturated carbocycles. The molecule has 0 amide bonds. The fourth-order valence-electron chi connectivity index (χ4n) is 11.5. The number of aromatic nitrogens is 1. The fraction of sp³-hybridized carbons (Fsp3) is 0.200. The number of furan rings is 1. The monoisotopic (exact) mass is 858 g/mol. The molecule has 316 valence electrons. The summed E-state index contributed by atoms with van der Waals surface area (Å²) in [5, 5.41) is 11.5. The van der Waals surface area contributed by atoms with E-state index in [1.165, 1.54) is 103 Å². The molecule has 0 atom stereocenters. The molecule has 5 heteroatoms. The van der Waals surface area contributed by atoms with Gasteiger partial charge in [0.15, 0.2) is 0 Å². The number of fused-ring (bicyclic) bond motifs is 14. The lowest BCUT2D eigenvalue weighted by Gasteiger charge is -2.28. The van der Waals surface area contributed by atoms with Crippen molar-refractivity contribution in [1.82, 2.24) is 4.57 Å². The van der Waals surface area contributed by atoms with Crippen molar-refractivity contribution in [3.8, 4) is 27.9 Å². The molecule has 65 heavy (non-hydrogen) atoms. The van der Waals surface area contributed by atoms with Crippen LogP contribution >= 0.6 is 11.3 Å². The summed E-state index contributed by atoms with van der Waals surface area (Å²) in [4.78, 5) is 0. The highest BCUT2D eigenvalue weighted by atomic mass is 32.1. The Morgan fingerprint density at radius 3 is 2.09 bits per heavy atom. The van der Waals surface area contributed by atoms with Gasteiger partial charge >= 0.3 is 0 Å². The maximum absolute atomic E-state index is 6.72. The van der Waals surface area contributed by atoms with Gasteiger partial charge in [-0.2, -0.15) is 0 Å². The van der Waals surface area contributed by atoms with Crippen LogP contribution in [0.4, 0.5) is 11.4 Å². The second-order valence-electron chi connectivity index (χ2n) is 21.5. The maximum Gasteiger partial charge on any atom is 0.212 e. The van der Waals surface area contributed by atoms with E-state index < -0.39 is 0 Å². The fourth-order valence-corrected chi connectivity index (χ4v) is 12.7. The Kier molecular flexibility index (Phi) is 7.80. The van der Waals surface area contributed by atoms with E-state index in [4.69, 9.17) is 4.42 Å². The molecular weight excluding hydrogens is 808 g/mol.